The topological polar surface area (TPSA) is 67.8 Å². The van der Waals surface area contributed by atoms with E-state index in [9.17, 15) is 4.79 Å². The number of carboxylic acids is 1. The van der Waals surface area contributed by atoms with Crippen LogP contribution in [0.15, 0.2) is 28.7 Å². The van der Waals surface area contributed by atoms with Crippen molar-refractivity contribution in [3.8, 4) is 0 Å². The van der Waals surface area contributed by atoms with Gasteiger partial charge in [0.1, 0.15) is 12.2 Å². The van der Waals surface area contributed by atoms with Gasteiger partial charge in [-0.05, 0) is 17.7 Å². The normalized spacial score (nSPS) is 27.4. The maximum Gasteiger partial charge on any atom is 0.329 e. The van der Waals surface area contributed by atoms with Gasteiger partial charge in [0.05, 0.1) is 12.2 Å². The number of carbonyl (C=O) groups is 1. The number of hydrogen-bond donors (Lipinski definition) is 2. The van der Waals surface area contributed by atoms with Gasteiger partial charge in [-0.15, -0.1) is 0 Å². The highest BCUT2D eigenvalue weighted by molar-refractivity contribution is 9.10. The average molecular weight is 342 g/mol. The molecule has 0 bridgehead atoms. The first-order valence-electron chi connectivity index (χ1n) is 6.50. The second kappa shape index (κ2) is 5.11. The Morgan fingerprint density at radius 3 is 2.85 bits per heavy atom. The van der Waals surface area contributed by atoms with Crippen LogP contribution >= 0.6 is 15.9 Å². The Hall–Kier alpha value is -0.950. The van der Waals surface area contributed by atoms with Crippen molar-refractivity contribution in [1.29, 1.82) is 0 Å². The van der Waals surface area contributed by atoms with Crippen molar-refractivity contribution in [2.45, 2.75) is 17.6 Å². The number of nitrogens with one attached hydrogen (secondary N) is 1. The molecule has 2 aliphatic heterocycles. The smallest absolute Gasteiger partial charge is 0.329 e. The molecule has 5 nitrogen and oxygen atoms in total. The Kier molecular flexibility index (Phi) is 3.58. The van der Waals surface area contributed by atoms with Crippen molar-refractivity contribution in [1.82, 2.24) is 5.32 Å². The van der Waals surface area contributed by atoms with Gasteiger partial charge in [0.2, 0.25) is 0 Å². The first-order valence-corrected chi connectivity index (χ1v) is 7.30. The highest BCUT2D eigenvalue weighted by atomic mass is 79.9. The van der Waals surface area contributed by atoms with Gasteiger partial charge in [-0.1, -0.05) is 28.1 Å². The van der Waals surface area contributed by atoms with Crippen LogP contribution in [0, 0.1) is 0 Å². The second-order valence-corrected chi connectivity index (χ2v) is 6.35. The Morgan fingerprint density at radius 1 is 1.50 bits per heavy atom. The molecule has 0 amide bonds. The van der Waals surface area contributed by atoms with Crippen molar-refractivity contribution in [3.63, 3.8) is 0 Å². The number of benzene rings is 1. The molecule has 1 spiro atoms. The summed E-state index contributed by atoms with van der Waals surface area (Å²) in [6, 6.07) is 7.79. The fourth-order valence-corrected chi connectivity index (χ4v) is 3.26. The van der Waals surface area contributed by atoms with E-state index in [-0.39, 0.29) is 12.2 Å². The summed E-state index contributed by atoms with van der Waals surface area (Å²) in [5, 5.41) is 12.1. The third kappa shape index (κ3) is 2.48. The molecule has 2 N–H and O–H groups in total. The van der Waals surface area contributed by atoms with Crippen LogP contribution in [0.5, 0.6) is 0 Å². The molecule has 1 aromatic carbocycles. The van der Waals surface area contributed by atoms with Crippen molar-refractivity contribution in [2.24, 2.45) is 0 Å². The molecule has 1 aromatic rings. The van der Waals surface area contributed by atoms with E-state index in [1.807, 2.05) is 24.3 Å². The van der Waals surface area contributed by atoms with E-state index in [1.165, 1.54) is 0 Å². The Morgan fingerprint density at radius 2 is 2.30 bits per heavy atom. The summed E-state index contributed by atoms with van der Waals surface area (Å²) in [7, 11) is 0. The number of hydrogen-bond acceptors (Lipinski definition) is 4. The number of ether oxygens (including phenoxy) is 2. The van der Waals surface area contributed by atoms with E-state index < -0.39 is 11.6 Å². The van der Waals surface area contributed by atoms with Gasteiger partial charge >= 0.3 is 5.97 Å². The Labute approximate surface area is 125 Å². The third-order valence-electron chi connectivity index (χ3n) is 3.94. The van der Waals surface area contributed by atoms with Crippen LogP contribution in [0.2, 0.25) is 0 Å². The maximum absolute atomic E-state index is 10.9. The summed E-state index contributed by atoms with van der Waals surface area (Å²) in [5.74, 6) is -0.966. The van der Waals surface area contributed by atoms with Gasteiger partial charge in [0.25, 0.3) is 0 Å². The van der Waals surface area contributed by atoms with Gasteiger partial charge in [-0.25, -0.2) is 4.79 Å². The van der Waals surface area contributed by atoms with Crippen LogP contribution in [-0.2, 0) is 19.9 Å². The van der Waals surface area contributed by atoms with Crippen molar-refractivity contribution >= 4 is 21.9 Å². The van der Waals surface area contributed by atoms with E-state index in [1.54, 1.807) is 0 Å². The average Bonchev–Trinajstić information content (AvgIpc) is 2.78. The van der Waals surface area contributed by atoms with E-state index in [0.29, 0.717) is 13.0 Å². The van der Waals surface area contributed by atoms with Crippen LogP contribution < -0.4 is 5.32 Å². The minimum atomic E-state index is -0.966. The first-order chi connectivity index (χ1) is 9.54. The number of rotatable bonds is 4. The molecule has 0 radical (unpaired) electrons. The summed E-state index contributed by atoms with van der Waals surface area (Å²) in [6.07, 6.45) is 0.677. The number of carboxylic acid groups (broad SMARTS) is 1. The standard InChI is InChI=1S/C14H16BrNO4/c15-11-3-1-2-10(4-11)14(19-5-12(17)18)6-13(20-9-14)7-16-8-13/h1-4,16H,5-9H2,(H,17,18). The van der Waals surface area contributed by atoms with Crippen LogP contribution in [0.3, 0.4) is 0 Å². The molecule has 2 fully saturated rings. The lowest BCUT2D eigenvalue weighted by Gasteiger charge is -2.39. The fourth-order valence-electron chi connectivity index (χ4n) is 2.86. The van der Waals surface area contributed by atoms with Gasteiger partial charge in [-0.2, -0.15) is 0 Å². The largest absolute Gasteiger partial charge is 0.480 e. The summed E-state index contributed by atoms with van der Waals surface area (Å²) in [4.78, 5) is 10.9. The summed E-state index contributed by atoms with van der Waals surface area (Å²) in [5.41, 5.74) is 0.0716. The third-order valence-corrected chi connectivity index (χ3v) is 4.43. The minimum Gasteiger partial charge on any atom is -0.480 e. The van der Waals surface area contributed by atoms with Crippen LogP contribution in [0.4, 0.5) is 0 Å². The van der Waals surface area contributed by atoms with E-state index in [0.717, 1.165) is 23.1 Å². The summed E-state index contributed by atoms with van der Waals surface area (Å²) in [6.45, 7) is 1.65. The predicted molar refractivity (Wildman–Crippen MR) is 75.6 cm³/mol. The zero-order valence-corrected chi connectivity index (χ0v) is 12.5. The lowest BCUT2D eigenvalue weighted by molar-refractivity contribution is -0.150. The van der Waals surface area contributed by atoms with Crippen molar-refractivity contribution in [2.75, 3.05) is 26.3 Å². The van der Waals surface area contributed by atoms with Gasteiger partial charge in [0, 0.05) is 24.0 Å². The molecule has 0 aromatic heterocycles. The van der Waals surface area contributed by atoms with Crippen molar-refractivity contribution < 1.29 is 19.4 Å². The van der Waals surface area contributed by atoms with E-state index >= 15 is 0 Å². The van der Waals surface area contributed by atoms with Gasteiger partial charge in [-0.3, -0.25) is 0 Å². The number of halogens is 1. The Balaban J connectivity index is 1.89. The number of aliphatic carboxylic acids is 1. The predicted octanol–water partition coefficient (Wildman–Crippen LogP) is 1.51. The quantitative estimate of drug-likeness (QED) is 0.868. The van der Waals surface area contributed by atoms with Gasteiger partial charge in [0.15, 0.2) is 0 Å². The second-order valence-electron chi connectivity index (χ2n) is 5.44. The van der Waals surface area contributed by atoms with Crippen molar-refractivity contribution in [3.05, 3.63) is 34.3 Å². The fraction of sp³-hybridized carbons (Fsp3) is 0.500. The van der Waals surface area contributed by atoms with Crippen LogP contribution in [0.25, 0.3) is 0 Å². The molecule has 20 heavy (non-hydrogen) atoms. The zero-order chi connectivity index (χ0) is 14.2. The van der Waals surface area contributed by atoms with Crippen LogP contribution in [0.1, 0.15) is 12.0 Å². The summed E-state index contributed by atoms with van der Waals surface area (Å²) < 4.78 is 12.6. The molecule has 3 rings (SSSR count). The SMILES string of the molecule is O=C(O)COC1(c2cccc(Br)c2)COC2(CNC2)C1. The Bertz CT molecular complexity index is 532. The highest BCUT2D eigenvalue weighted by Crippen LogP contribution is 2.45. The molecule has 6 heteroatoms. The molecule has 2 saturated heterocycles. The van der Waals surface area contributed by atoms with E-state index in [2.05, 4.69) is 21.2 Å². The molecule has 2 heterocycles. The zero-order valence-electron chi connectivity index (χ0n) is 10.9. The molecule has 2 aliphatic rings. The maximum atomic E-state index is 10.9. The van der Waals surface area contributed by atoms with Crippen LogP contribution in [-0.4, -0.2) is 43.0 Å². The molecule has 0 saturated carbocycles. The van der Waals surface area contributed by atoms with E-state index in [4.69, 9.17) is 14.6 Å². The monoisotopic (exact) mass is 341 g/mol. The lowest BCUT2D eigenvalue weighted by Crippen LogP contribution is -2.59. The molecule has 0 aliphatic carbocycles. The summed E-state index contributed by atoms with van der Waals surface area (Å²) >= 11 is 3.45. The minimum absolute atomic E-state index is 0.208. The highest BCUT2D eigenvalue weighted by Gasteiger charge is 2.54. The first kappa shape index (κ1) is 14.0. The van der Waals surface area contributed by atoms with Gasteiger partial charge < -0.3 is 19.9 Å². The molecule has 108 valence electrons. The lowest BCUT2D eigenvalue weighted by atomic mass is 9.82. The molecular weight excluding hydrogens is 326 g/mol. The molecular formula is C14H16BrNO4. The molecule has 1 unspecified atom stereocenters. The molecule has 1 atom stereocenters.